The van der Waals surface area contributed by atoms with Gasteiger partial charge in [-0.15, -0.1) is 0 Å². The Hall–Kier alpha value is -1.53. The molecule has 5 nitrogen and oxygen atoms in total. The minimum Gasteiger partial charge on any atom is -0.361 e. The monoisotopic (exact) mass is 252 g/mol. The van der Waals surface area contributed by atoms with Crippen molar-refractivity contribution in [1.82, 2.24) is 0 Å². The lowest BCUT2D eigenvalue weighted by Gasteiger charge is -2.03. The SMILES string of the molecule is CC1OCSC1=NOC(=O)Nc1ccccc1. The zero-order valence-corrected chi connectivity index (χ0v) is 10.1. The molecular weight excluding hydrogens is 240 g/mol. The highest BCUT2D eigenvalue weighted by Gasteiger charge is 2.20. The molecule has 0 radical (unpaired) electrons. The van der Waals surface area contributed by atoms with Crippen molar-refractivity contribution in [3.8, 4) is 0 Å². The third-order valence-electron chi connectivity index (χ3n) is 2.11. The average molecular weight is 252 g/mol. The van der Waals surface area contributed by atoms with Crippen molar-refractivity contribution in [2.45, 2.75) is 13.0 Å². The van der Waals surface area contributed by atoms with Gasteiger partial charge in [0.1, 0.15) is 11.1 Å². The Morgan fingerprint density at radius 2 is 2.29 bits per heavy atom. The van der Waals surface area contributed by atoms with E-state index in [1.807, 2.05) is 25.1 Å². The van der Waals surface area contributed by atoms with E-state index in [0.717, 1.165) is 0 Å². The van der Waals surface area contributed by atoms with Crippen LogP contribution in [0.15, 0.2) is 35.5 Å². The molecule has 1 N–H and O–H groups in total. The number of para-hydroxylation sites is 1. The fraction of sp³-hybridized carbons (Fsp3) is 0.273. The Bertz CT molecular complexity index is 422. The number of carbonyl (C=O) groups excluding carboxylic acids is 1. The second-order valence-electron chi connectivity index (χ2n) is 3.37. The number of benzene rings is 1. The van der Waals surface area contributed by atoms with Crippen LogP contribution in [0.5, 0.6) is 0 Å². The van der Waals surface area contributed by atoms with Crippen LogP contribution in [0, 0.1) is 0 Å². The van der Waals surface area contributed by atoms with Gasteiger partial charge in [0.2, 0.25) is 0 Å². The molecule has 6 heteroatoms. The quantitative estimate of drug-likeness (QED) is 0.649. The summed E-state index contributed by atoms with van der Waals surface area (Å²) < 4.78 is 5.24. The van der Waals surface area contributed by atoms with E-state index in [-0.39, 0.29) is 6.10 Å². The number of anilines is 1. The fourth-order valence-electron chi connectivity index (χ4n) is 1.23. The Morgan fingerprint density at radius 1 is 1.53 bits per heavy atom. The topological polar surface area (TPSA) is 59.9 Å². The second kappa shape index (κ2) is 5.70. The summed E-state index contributed by atoms with van der Waals surface area (Å²) in [5, 5.41) is 6.98. The van der Waals surface area contributed by atoms with Crippen LogP contribution in [0.1, 0.15) is 6.92 Å². The van der Waals surface area contributed by atoms with Gasteiger partial charge in [0.05, 0.1) is 5.94 Å². The van der Waals surface area contributed by atoms with Crippen LogP contribution in [-0.2, 0) is 9.57 Å². The van der Waals surface area contributed by atoms with Crippen LogP contribution in [0.2, 0.25) is 0 Å². The normalized spacial score (nSPS) is 21.5. The van der Waals surface area contributed by atoms with Gasteiger partial charge in [-0.3, -0.25) is 10.2 Å². The molecule has 1 aromatic carbocycles. The highest BCUT2D eigenvalue weighted by Crippen LogP contribution is 2.20. The molecule has 1 fully saturated rings. The summed E-state index contributed by atoms with van der Waals surface area (Å²) in [6.07, 6.45) is -0.715. The number of rotatable bonds is 2. The standard InChI is InChI=1S/C11H12N2O3S/c1-8-10(17-7-15-8)13-16-11(14)12-9-5-3-2-4-6-9/h2-6,8H,7H2,1H3,(H,12,14). The molecule has 1 unspecified atom stereocenters. The van der Waals surface area contributed by atoms with E-state index in [1.54, 1.807) is 12.1 Å². The molecule has 2 rings (SSSR count). The molecule has 17 heavy (non-hydrogen) atoms. The molecule has 90 valence electrons. The predicted octanol–water partition coefficient (Wildman–Crippen LogP) is 2.66. The first-order valence-electron chi connectivity index (χ1n) is 5.11. The van der Waals surface area contributed by atoms with E-state index in [1.165, 1.54) is 11.8 Å². The van der Waals surface area contributed by atoms with Gasteiger partial charge in [-0.05, 0) is 19.1 Å². The molecule has 1 saturated heterocycles. The molecular formula is C11H12N2O3S. The van der Waals surface area contributed by atoms with E-state index in [2.05, 4.69) is 10.5 Å². The minimum absolute atomic E-state index is 0.107. The van der Waals surface area contributed by atoms with E-state index in [0.29, 0.717) is 16.7 Å². The lowest BCUT2D eigenvalue weighted by atomic mass is 10.3. The maximum atomic E-state index is 11.4. The van der Waals surface area contributed by atoms with Crippen molar-refractivity contribution in [2.24, 2.45) is 5.16 Å². The molecule has 0 bridgehead atoms. The zero-order chi connectivity index (χ0) is 12.1. The zero-order valence-electron chi connectivity index (χ0n) is 9.25. The van der Waals surface area contributed by atoms with Crippen LogP contribution in [0.25, 0.3) is 0 Å². The first-order valence-corrected chi connectivity index (χ1v) is 6.09. The predicted molar refractivity (Wildman–Crippen MR) is 67.0 cm³/mol. The number of amides is 1. The number of nitrogens with one attached hydrogen (secondary N) is 1. The van der Waals surface area contributed by atoms with Gasteiger partial charge >= 0.3 is 6.09 Å². The van der Waals surface area contributed by atoms with Gasteiger partial charge in [0, 0.05) is 5.69 Å². The first kappa shape index (κ1) is 11.9. The molecule has 1 aliphatic heterocycles. The molecule has 1 aromatic rings. The van der Waals surface area contributed by atoms with Crippen molar-refractivity contribution < 1.29 is 14.4 Å². The maximum absolute atomic E-state index is 11.4. The van der Waals surface area contributed by atoms with Crippen LogP contribution >= 0.6 is 11.8 Å². The Labute approximate surface area is 103 Å². The van der Waals surface area contributed by atoms with Gasteiger partial charge in [-0.25, -0.2) is 4.79 Å². The number of hydrogen-bond acceptors (Lipinski definition) is 5. The summed E-state index contributed by atoms with van der Waals surface area (Å²) in [4.78, 5) is 16.1. The molecule has 1 amide bonds. The Morgan fingerprint density at radius 3 is 2.94 bits per heavy atom. The smallest absolute Gasteiger partial charge is 0.361 e. The van der Waals surface area contributed by atoms with E-state index < -0.39 is 6.09 Å². The third kappa shape index (κ3) is 3.47. The second-order valence-corrected chi connectivity index (χ2v) is 4.31. The highest BCUT2D eigenvalue weighted by molar-refractivity contribution is 8.14. The Balaban J connectivity index is 1.86. The number of ether oxygens (including phenoxy) is 1. The van der Waals surface area contributed by atoms with Gasteiger partial charge in [-0.1, -0.05) is 35.1 Å². The van der Waals surface area contributed by atoms with Crippen LogP contribution in [0.3, 0.4) is 0 Å². The van der Waals surface area contributed by atoms with Crippen molar-refractivity contribution in [1.29, 1.82) is 0 Å². The van der Waals surface area contributed by atoms with Gasteiger partial charge in [0.15, 0.2) is 0 Å². The number of oxime groups is 1. The number of thioether (sulfide) groups is 1. The van der Waals surface area contributed by atoms with Gasteiger partial charge in [0.25, 0.3) is 0 Å². The average Bonchev–Trinajstić information content (AvgIpc) is 2.74. The molecule has 1 aliphatic rings. The van der Waals surface area contributed by atoms with Crippen molar-refractivity contribution in [3.63, 3.8) is 0 Å². The summed E-state index contributed by atoms with van der Waals surface area (Å²) >= 11 is 1.42. The highest BCUT2D eigenvalue weighted by atomic mass is 32.2. The summed E-state index contributed by atoms with van der Waals surface area (Å²) in [6, 6.07) is 9.05. The van der Waals surface area contributed by atoms with E-state index in [4.69, 9.17) is 9.57 Å². The van der Waals surface area contributed by atoms with Gasteiger partial charge < -0.3 is 4.74 Å². The summed E-state index contributed by atoms with van der Waals surface area (Å²) in [5.41, 5.74) is 0.668. The Kier molecular flexibility index (Phi) is 4.00. The van der Waals surface area contributed by atoms with Crippen molar-refractivity contribution in [2.75, 3.05) is 11.3 Å². The number of nitrogens with zero attached hydrogens (tertiary/aromatic N) is 1. The molecule has 0 aromatic heterocycles. The van der Waals surface area contributed by atoms with Gasteiger partial charge in [-0.2, -0.15) is 0 Å². The molecule has 0 saturated carbocycles. The maximum Gasteiger partial charge on any atom is 0.437 e. The van der Waals surface area contributed by atoms with E-state index in [9.17, 15) is 4.79 Å². The van der Waals surface area contributed by atoms with Crippen molar-refractivity contribution in [3.05, 3.63) is 30.3 Å². The molecule has 1 atom stereocenters. The summed E-state index contributed by atoms with van der Waals surface area (Å²) in [5.74, 6) is 0.545. The first-order chi connectivity index (χ1) is 8.25. The lowest BCUT2D eigenvalue weighted by Crippen LogP contribution is -2.14. The van der Waals surface area contributed by atoms with Crippen molar-refractivity contribution >= 4 is 28.6 Å². The summed E-state index contributed by atoms with van der Waals surface area (Å²) in [6.45, 7) is 1.86. The van der Waals surface area contributed by atoms with Crippen LogP contribution in [-0.4, -0.2) is 23.2 Å². The largest absolute Gasteiger partial charge is 0.437 e. The summed E-state index contributed by atoms with van der Waals surface area (Å²) in [7, 11) is 0. The number of hydrogen-bond donors (Lipinski definition) is 1. The molecule has 0 spiro atoms. The van der Waals surface area contributed by atoms with Crippen LogP contribution in [0.4, 0.5) is 10.5 Å². The molecule has 0 aliphatic carbocycles. The fourth-order valence-corrected chi connectivity index (χ4v) is 2.02. The lowest BCUT2D eigenvalue weighted by molar-refractivity contribution is 0.153. The minimum atomic E-state index is -0.608. The van der Waals surface area contributed by atoms with E-state index >= 15 is 0 Å². The third-order valence-corrected chi connectivity index (χ3v) is 3.07. The number of carbonyl (C=O) groups is 1. The molecule has 1 heterocycles. The van der Waals surface area contributed by atoms with Crippen LogP contribution < -0.4 is 5.32 Å².